The molecular formula is C14H21FN2O. The van der Waals surface area contributed by atoms with Gasteiger partial charge in [0.15, 0.2) is 0 Å². The van der Waals surface area contributed by atoms with Crippen molar-refractivity contribution in [3.63, 3.8) is 0 Å². The lowest BCUT2D eigenvalue weighted by atomic mass is 9.81. The highest BCUT2D eigenvalue weighted by molar-refractivity contribution is 5.99. The first-order chi connectivity index (χ1) is 8.24. The lowest BCUT2D eigenvalue weighted by Crippen LogP contribution is -2.37. The lowest BCUT2D eigenvalue weighted by Gasteiger charge is -2.29. The van der Waals surface area contributed by atoms with E-state index in [4.69, 9.17) is 5.73 Å². The minimum atomic E-state index is -0.438. The molecule has 0 bridgehead atoms. The van der Waals surface area contributed by atoms with E-state index >= 15 is 0 Å². The Morgan fingerprint density at radius 2 is 2.06 bits per heavy atom. The number of rotatable bonds is 4. The molecule has 0 unspecified atom stereocenters. The number of nitrogens with two attached hydrogens (primary N) is 1. The standard InChI is InChI=1S/C14H21FN2O/c1-9(2)14(3,4)8-17-13(18)11-6-5-10(15)7-12(11)16/h5-7,9H,8,16H2,1-4H3,(H,17,18). The van der Waals surface area contributed by atoms with Gasteiger partial charge >= 0.3 is 0 Å². The summed E-state index contributed by atoms with van der Waals surface area (Å²) in [6.45, 7) is 8.95. The van der Waals surface area contributed by atoms with Crippen molar-refractivity contribution in [2.45, 2.75) is 27.7 Å². The summed E-state index contributed by atoms with van der Waals surface area (Å²) < 4.78 is 12.9. The molecule has 1 rings (SSSR count). The van der Waals surface area contributed by atoms with Crippen molar-refractivity contribution < 1.29 is 9.18 Å². The summed E-state index contributed by atoms with van der Waals surface area (Å²) in [5, 5.41) is 2.84. The van der Waals surface area contributed by atoms with Crippen LogP contribution >= 0.6 is 0 Å². The van der Waals surface area contributed by atoms with Crippen LogP contribution in [0.3, 0.4) is 0 Å². The lowest BCUT2D eigenvalue weighted by molar-refractivity contribution is 0.0925. The monoisotopic (exact) mass is 252 g/mol. The van der Waals surface area contributed by atoms with Crippen molar-refractivity contribution in [3.8, 4) is 0 Å². The van der Waals surface area contributed by atoms with E-state index in [0.29, 0.717) is 18.0 Å². The molecule has 0 saturated carbocycles. The molecule has 0 fully saturated rings. The van der Waals surface area contributed by atoms with Gasteiger partial charge in [-0.1, -0.05) is 27.7 Å². The quantitative estimate of drug-likeness (QED) is 0.810. The number of carbonyl (C=O) groups excluding carboxylic acids is 1. The minimum absolute atomic E-state index is 0.00442. The van der Waals surface area contributed by atoms with Gasteiger partial charge < -0.3 is 11.1 Å². The summed E-state index contributed by atoms with van der Waals surface area (Å²) in [7, 11) is 0. The summed E-state index contributed by atoms with van der Waals surface area (Å²) in [6, 6.07) is 3.80. The third-order valence-electron chi connectivity index (χ3n) is 3.53. The van der Waals surface area contributed by atoms with Crippen molar-refractivity contribution in [1.29, 1.82) is 0 Å². The van der Waals surface area contributed by atoms with Crippen LogP contribution < -0.4 is 11.1 Å². The number of nitrogen functional groups attached to an aromatic ring is 1. The van der Waals surface area contributed by atoms with E-state index in [1.807, 2.05) is 0 Å². The fraction of sp³-hybridized carbons (Fsp3) is 0.500. The van der Waals surface area contributed by atoms with Gasteiger partial charge in [-0.3, -0.25) is 4.79 Å². The van der Waals surface area contributed by atoms with E-state index in [1.165, 1.54) is 12.1 Å². The molecule has 3 nitrogen and oxygen atoms in total. The molecule has 1 amide bonds. The third-order valence-corrected chi connectivity index (χ3v) is 3.53. The predicted octanol–water partition coefficient (Wildman–Crippen LogP) is 2.82. The summed E-state index contributed by atoms with van der Waals surface area (Å²) in [5.74, 6) is -0.254. The number of halogens is 1. The number of anilines is 1. The molecule has 18 heavy (non-hydrogen) atoms. The predicted molar refractivity (Wildman–Crippen MR) is 71.8 cm³/mol. The third kappa shape index (κ3) is 3.45. The summed E-state index contributed by atoms with van der Waals surface area (Å²) in [6.07, 6.45) is 0. The van der Waals surface area contributed by atoms with Crippen molar-refractivity contribution in [1.82, 2.24) is 5.32 Å². The Morgan fingerprint density at radius 1 is 1.44 bits per heavy atom. The molecule has 0 spiro atoms. The van der Waals surface area contributed by atoms with Crippen LogP contribution in [0.25, 0.3) is 0 Å². The van der Waals surface area contributed by atoms with Gasteiger partial charge in [0.1, 0.15) is 5.82 Å². The molecule has 0 heterocycles. The first-order valence-corrected chi connectivity index (χ1v) is 6.07. The van der Waals surface area contributed by atoms with Gasteiger partial charge in [-0.2, -0.15) is 0 Å². The highest BCUT2D eigenvalue weighted by atomic mass is 19.1. The summed E-state index contributed by atoms with van der Waals surface area (Å²) >= 11 is 0. The SMILES string of the molecule is CC(C)C(C)(C)CNC(=O)c1ccc(F)cc1N. The van der Waals surface area contributed by atoms with Gasteiger partial charge in [0.2, 0.25) is 0 Å². The number of hydrogen-bond acceptors (Lipinski definition) is 2. The van der Waals surface area contributed by atoms with Crippen LogP contribution in [-0.2, 0) is 0 Å². The number of nitrogens with one attached hydrogen (secondary N) is 1. The van der Waals surface area contributed by atoms with Crippen LogP contribution in [0.5, 0.6) is 0 Å². The average molecular weight is 252 g/mol. The topological polar surface area (TPSA) is 55.1 Å². The second kappa shape index (κ2) is 5.38. The van der Waals surface area contributed by atoms with Crippen LogP contribution in [0.1, 0.15) is 38.1 Å². The van der Waals surface area contributed by atoms with E-state index in [9.17, 15) is 9.18 Å². The number of amides is 1. The first-order valence-electron chi connectivity index (χ1n) is 6.07. The molecule has 1 aromatic rings. The van der Waals surface area contributed by atoms with Crippen LogP contribution in [0.2, 0.25) is 0 Å². The Bertz CT molecular complexity index is 441. The highest BCUT2D eigenvalue weighted by Gasteiger charge is 2.23. The molecule has 0 aromatic heterocycles. The molecule has 0 aliphatic heterocycles. The van der Waals surface area contributed by atoms with Gasteiger partial charge in [0.05, 0.1) is 5.56 Å². The van der Waals surface area contributed by atoms with Crippen molar-refractivity contribution in [3.05, 3.63) is 29.6 Å². The Balaban J connectivity index is 2.72. The fourth-order valence-corrected chi connectivity index (χ4v) is 1.35. The van der Waals surface area contributed by atoms with Gasteiger partial charge in [-0.05, 0) is 29.5 Å². The van der Waals surface area contributed by atoms with E-state index in [-0.39, 0.29) is 17.0 Å². The molecule has 0 saturated heterocycles. The van der Waals surface area contributed by atoms with E-state index < -0.39 is 5.82 Å². The van der Waals surface area contributed by atoms with E-state index in [0.717, 1.165) is 6.07 Å². The van der Waals surface area contributed by atoms with E-state index in [1.54, 1.807) is 0 Å². The van der Waals surface area contributed by atoms with E-state index in [2.05, 4.69) is 33.0 Å². The normalized spacial score (nSPS) is 11.7. The molecule has 0 radical (unpaired) electrons. The number of carbonyl (C=O) groups is 1. The highest BCUT2D eigenvalue weighted by Crippen LogP contribution is 2.25. The molecular weight excluding hydrogens is 231 g/mol. The molecule has 1 aromatic carbocycles. The minimum Gasteiger partial charge on any atom is -0.398 e. The molecule has 100 valence electrons. The Labute approximate surface area is 108 Å². The number of benzene rings is 1. The maximum absolute atomic E-state index is 12.9. The Kier molecular flexibility index (Phi) is 4.33. The van der Waals surface area contributed by atoms with Gasteiger partial charge in [0, 0.05) is 12.2 Å². The van der Waals surface area contributed by atoms with Crippen LogP contribution in [0.4, 0.5) is 10.1 Å². The van der Waals surface area contributed by atoms with Gasteiger partial charge in [-0.25, -0.2) is 4.39 Å². The molecule has 0 aliphatic rings. The largest absolute Gasteiger partial charge is 0.398 e. The molecule has 0 aliphatic carbocycles. The molecule has 0 atom stereocenters. The van der Waals surface area contributed by atoms with Crippen LogP contribution in [0.15, 0.2) is 18.2 Å². The Hall–Kier alpha value is -1.58. The summed E-state index contributed by atoms with van der Waals surface area (Å²) in [5.41, 5.74) is 6.10. The zero-order valence-electron chi connectivity index (χ0n) is 11.4. The van der Waals surface area contributed by atoms with Crippen molar-refractivity contribution in [2.24, 2.45) is 11.3 Å². The van der Waals surface area contributed by atoms with Crippen molar-refractivity contribution in [2.75, 3.05) is 12.3 Å². The van der Waals surface area contributed by atoms with Crippen molar-refractivity contribution >= 4 is 11.6 Å². The Morgan fingerprint density at radius 3 is 2.56 bits per heavy atom. The first kappa shape index (κ1) is 14.5. The van der Waals surface area contributed by atoms with Crippen LogP contribution in [0, 0.1) is 17.2 Å². The number of hydrogen-bond donors (Lipinski definition) is 2. The average Bonchev–Trinajstić information content (AvgIpc) is 2.25. The smallest absolute Gasteiger partial charge is 0.253 e. The maximum atomic E-state index is 12.9. The van der Waals surface area contributed by atoms with Crippen LogP contribution in [-0.4, -0.2) is 12.5 Å². The molecule has 4 heteroatoms. The van der Waals surface area contributed by atoms with Gasteiger partial charge in [0.25, 0.3) is 5.91 Å². The second-order valence-corrected chi connectivity index (χ2v) is 5.56. The zero-order valence-corrected chi connectivity index (χ0v) is 11.4. The fourth-order valence-electron chi connectivity index (χ4n) is 1.35. The van der Waals surface area contributed by atoms with Gasteiger partial charge in [-0.15, -0.1) is 0 Å². The zero-order chi connectivity index (χ0) is 13.9. The summed E-state index contributed by atoms with van der Waals surface area (Å²) in [4.78, 5) is 11.9. The second-order valence-electron chi connectivity index (χ2n) is 5.56. The molecule has 3 N–H and O–H groups in total. The maximum Gasteiger partial charge on any atom is 0.253 e.